The maximum atomic E-state index is 12.5. The minimum atomic E-state index is -0.856. The van der Waals surface area contributed by atoms with E-state index >= 15 is 0 Å². The van der Waals surface area contributed by atoms with Gasteiger partial charge in [-0.05, 0) is 13.8 Å². The topological polar surface area (TPSA) is 48.8 Å². The zero-order chi connectivity index (χ0) is 7.72. The first-order chi connectivity index (χ1) is 4.61. The van der Waals surface area contributed by atoms with Crippen LogP contribution in [0.2, 0.25) is 0 Å². The van der Waals surface area contributed by atoms with Crippen LogP contribution >= 0.6 is 0 Å². The minimum absolute atomic E-state index is 0. The number of halogens is 1. The fourth-order valence-corrected chi connectivity index (χ4v) is 0.668. The van der Waals surface area contributed by atoms with E-state index in [1.165, 1.54) is 6.92 Å². The molecule has 0 fully saturated rings. The van der Waals surface area contributed by atoms with Crippen molar-refractivity contribution < 1.29 is 39.1 Å². The van der Waals surface area contributed by atoms with Crippen LogP contribution in [0, 0.1) is 19.7 Å². The van der Waals surface area contributed by atoms with Crippen molar-refractivity contribution in [3.63, 3.8) is 0 Å². The third-order valence-electron chi connectivity index (χ3n) is 1.10. The molecule has 0 aliphatic carbocycles. The Hall–Kier alpha value is -0.190. The summed E-state index contributed by atoms with van der Waals surface area (Å²) < 4.78 is 12.5. The molecule has 5 heteroatoms. The van der Waals surface area contributed by atoms with Gasteiger partial charge in [0, 0.05) is 5.88 Å². The number of rotatable bonds is 0. The maximum absolute atomic E-state index is 12.5. The van der Waals surface area contributed by atoms with Crippen LogP contribution in [0.3, 0.4) is 0 Å². The van der Waals surface area contributed by atoms with Crippen molar-refractivity contribution in [2.75, 3.05) is 0 Å². The van der Waals surface area contributed by atoms with E-state index in [-0.39, 0.29) is 35.3 Å². The molecule has 1 rings (SSSR count). The van der Waals surface area contributed by atoms with E-state index < -0.39 is 11.7 Å². The summed E-state index contributed by atoms with van der Waals surface area (Å²) in [5.41, 5.74) is 0.109. The molecule has 11 heavy (non-hydrogen) atoms. The summed E-state index contributed by atoms with van der Waals surface area (Å²) in [6.45, 7) is 2.99. The van der Waals surface area contributed by atoms with Crippen LogP contribution in [-0.2, 0) is 0 Å². The summed E-state index contributed by atoms with van der Waals surface area (Å²) in [4.78, 5) is 6.94. The first kappa shape index (κ1) is 10.8. The van der Waals surface area contributed by atoms with Crippen molar-refractivity contribution in [1.82, 2.24) is 9.97 Å². The molecule has 54 valence electrons. The van der Waals surface area contributed by atoms with Crippen molar-refractivity contribution in [2.45, 2.75) is 13.8 Å². The predicted octanol–water partition coefficient (Wildman–Crippen LogP) is -2.69. The van der Waals surface area contributed by atoms with Crippen LogP contribution in [-0.4, -0.2) is 9.97 Å². The first-order valence-corrected chi connectivity index (χ1v) is 2.79. The third kappa shape index (κ3) is 2.39. The normalized spacial score (nSPS) is 9.00. The van der Waals surface area contributed by atoms with Gasteiger partial charge < -0.3 is 5.11 Å². The Kier molecular flexibility index (Phi) is 3.92. The van der Waals surface area contributed by atoms with Crippen LogP contribution in [0.15, 0.2) is 0 Å². The average Bonchev–Trinajstić information content (AvgIpc) is 1.82. The van der Waals surface area contributed by atoms with E-state index in [1.54, 1.807) is 6.92 Å². The van der Waals surface area contributed by atoms with Crippen molar-refractivity contribution in [2.24, 2.45) is 0 Å². The molecule has 0 spiro atoms. The molecular formula is C6H6FN2NaO. The van der Waals surface area contributed by atoms with Gasteiger partial charge in [0.1, 0.15) is 5.82 Å². The van der Waals surface area contributed by atoms with Gasteiger partial charge >= 0.3 is 29.6 Å². The number of aromatic nitrogens is 2. The quantitative estimate of drug-likeness (QED) is 0.392. The SMILES string of the molecule is Cc1nc(C)c(F)c([O-])n1.[Na+]. The van der Waals surface area contributed by atoms with Crippen molar-refractivity contribution >= 4 is 0 Å². The Balaban J connectivity index is 0.000001000. The van der Waals surface area contributed by atoms with Gasteiger partial charge in [0.25, 0.3) is 0 Å². The first-order valence-electron chi connectivity index (χ1n) is 2.79. The molecule has 0 N–H and O–H groups in total. The van der Waals surface area contributed by atoms with Crippen molar-refractivity contribution in [1.29, 1.82) is 0 Å². The molecule has 0 atom stereocenters. The van der Waals surface area contributed by atoms with Gasteiger partial charge in [-0.25, -0.2) is 14.4 Å². The van der Waals surface area contributed by atoms with Crippen LogP contribution in [0.5, 0.6) is 5.88 Å². The molecule has 0 aromatic carbocycles. The summed E-state index contributed by atoms with van der Waals surface area (Å²) in [5.74, 6) is -1.38. The standard InChI is InChI=1S/C6H7FN2O.Na/c1-3-5(7)6(10)9-4(2)8-3;/h1-2H3,(H,8,9,10);/q;+1/p-1. The molecule has 0 saturated carbocycles. The van der Waals surface area contributed by atoms with Crippen LogP contribution in [0.4, 0.5) is 4.39 Å². The van der Waals surface area contributed by atoms with Gasteiger partial charge in [0.15, 0.2) is 5.82 Å². The van der Waals surface area contributed by atoms with Crippen LogP contribution in [0.25, 0.3) is 0 Å². The predicted molar refractivity (Wildman–Crippen MR) is 30.9 cm³/mol. The van der Waals surface area contributed by atoms with Gasteiger partial charge in [0.2, 0.25) is 0 Å². The van der Waals surface area contributed by atoms with Gasteiger partial charge in [-0.1, -0.05) is 0 Å². The summed E-state index contributed by atoms with van der Waals surface area (Å²) in [6, 6.07) is 0. The number of hydrogen-bond donors (Lipinski definition) is 0. The molecule has 1 heterocycles. The Morgan fingerprint density at radius 3 is 2.27 bits per heavy atom. The Labute approximate surface area is 86.0 Å². The minimum Gasteiger partial charge on any atom is -0.856 e. The Bertz CT molecular complexity index is 244. The van der Waals surface area contributed by atoms with Gasteiger partial charge in [-0.2, -0.15) is 0 Å². The van der Waals surface area contributed by atoms with Gasteiger partial charge in [-0.3, -0.25) is 0 Å². The number of nitrogens with zero attached hydrogens (tertiary/aromatic N) is 2. The summed E-state index contributed by atoms with van der Waals surface area (Å²) in [5, 5.41) is 10.5. The molecule has 0 unspecified atom stereocenters. The zero-order valence-corrected chi connectivity index (χ0v) is 8.68. The summed E-state index contributed by atoms with van der Waals surface area (Å²) >= 11 is 0. The Morgan fingerprint density at radius 2 is 1.82 bits per heavy atom. The second-order valence-electron chi connectivity index (χ2n) is 1.98. The van der Waals surface area contributed by atoms with E-state index in [9.17, 15) is 9.50 Å². The van der Waals surface area contributed by atoms with E-state index in [0.29, 0.717) is 5.82 Å². The van der Waals surface area contributed by atoms with E-state index in [4.69, 9.17) is 0 Å². The monoisotopic (exact) mass is 164 g/mol. The molecule has 0 radical (unpaired) electrons. The van der Waals surface area contributed by atoms with Crippen LogP contribution in [0.1, 0.15) is 11.5 Å². The average molecular weight is 164 g/mol. The molecule has 3 nitrogen and oxygen atoms in total. The Morgan fingerprint density at radius 1 is 1.27 bits per heavy atom. The summed E-state index contributed by atoms with van der Waals surface area (Å²) in [7, 11) is 0. The maximum Gasteiger partial charge on any atom is 1.00 e. The second kappa shape index (κ2) is 3.99. The van der Waals surface area contributed by atoms with Crippen molar-refractivity contribution in [3.05, 3.63) is 17.3 Å². The van der Waals surface area contributed by atoms with Crippen LogP contribution < -0.4 is 34.7 Å². The number of aryl methyl sites for hydroxylation is 2. The molecule has 0 amide bonds. The molecule has 0 aliphatic heterocycles. The molecule has 0 saturated heterocycles. The third-order valence-corrected chi connectivity index (χ3v) is 1.10. The largest absolute Gasteiger partial charge is 1.00 e. The fraction of sp³-hybridized carbons (Fsp3) is 0.333. The fourth-order valence-electron chi connectivity index (χ4n) is 0.668. The van der Waals surface area contributed by atoms with E-state index in [0.717, 1.165) is 0 Å². The molecular weight excluding hydrogens is 158 g/mol. The van der Waals surface area contributed by atoms with Crippen molar-refractivity contribution in [3.8, 4) is 5.88 Å². The molecule has 0 bridgehead atoms. The molecule has 0 aliphatic rings. The molecule has 1 aromatic rings. The molecule has 1 aromatic heterocycles. The zero-order valence-electron chi connectivity index (χ0n) is 6.68. The van der Waals surface area contributed by atoms with Gasteiger partial charge in [-0.15, -0.1) is 0 Å². The van der Waals surface area contributed by atoms with Gasteiger partial charge in [0.05, 0.1) is 5.69 Å². The number of hydrogen-bond acceptors (Lipinski definition) is 3. The summed E-state index contributed by atoms with van der Waals surface area (Å²) in [6.07, 6.45) is 0. The van der Waals surface area contributed by atoms with E-state index in [1.807, 2.05) is 0 Å². The second-order valence-corrected chi connectivity index (χ2v) is 1.98. The van der Waals surface area contributed by atoms with E-state index in [2.05, 4.69) is 9.97 Å². The smallest absolute Gasteiger partial charge is 0.856 e.